The molecular formula is C11H8N3NaO5. The van der Waals surface area contributed by atoms with E-state index in [4.69, 9.17) is 5.11 Å². The van der Waals surface area contributed by atoms with E-state index in [2.05, 4.69) is 5.32 Å². The van der Waals surface area contributed by atoms with E-state index in [9.17, 15) is 19.5 Å². The Kier molecular flexibility index (Phi) is 5.14. The summed E-state index contributed by atoms with van der Waals surface area (Å²) in [6.07, 6.45) is 0. The topological polar surface area (TPSA) is 138 Å². The van der Waals surface area contributed by atoms with Crippen molar-refractivity contribution >= 4 is 11.6 Å². The van der Waals surface area contributed by atoms with Gasteiger partial charge in [0.1, 0.15) is 11.4 Å². The van der Waals surface area contributed by atoms with Crippen LogP contribution in [0.4, 0.5) is 5.69 Å². The summed E-state index contributed by atoms with van der Waals surface area (Å²) in [6, 6.07) is 5.19. The summed E-state index contributed by atoms with van der Waals surface area (Å²) in [5.74, 6) is -1.72. The number of phenolic OH excluding ortho intramolecular Hbond substituents is 1. The number of hydrogen-bond donors (Lipinski definition) is 4. The number of nitrogens with one attached hydrogen (secondary N) is 3. The first kappa shape index (κ1) is 16.0. The molecule has 0 fully saturated rings. The van der Waals surface area contributed by atoms with Crippen molar-refractivity contribution in [1.82, 2.24) is 9.97 Å². The van der Waals surface area contributed by atoms with Crippen LogP contribution in [0.15, 0.2) is 33.9 Å². The second-order valence-corrected chi connectivity index (χ2v) is 3.61. The van der Waals surface area contributed by atoms with Crippen LogP contribution in [0.5, 0.6) is 11.6 Å². The molecule has 0 saturated carbocycles. The van der Waals surface area contributed by atoms with E-state index in [1.807, 2.05) is 9.97 Å². The summed E-state index contributed by atoms with van der Waals surface area (Å²) in [4.78, 5) is 37.5. The van der Waals surface area contributed by atoms with Gasteiger partial charge in [0.2, 0.25) is 0 Å². The van der Waals surface area contributed by atoms with Gasteiger partial charge >= 0.3 is 35.2 Å². The molecule has 1 aromatic carbocycles. The minimum absolute atomic E-state index is 0. The van der Waals surface area contributed by atoms with Crippen molar-refractivity contribution < 1.29 is 44.6 Å². The molecule has 0 saturated heterocycles. The van der Waals surface area contributed by atoms with Gasteiger partial charge in [-0.2, -0.15) is 0 Å². The fraction of sp³-hybridized carbons (Fsp3) is 0. The summed E-state index contributed by atoms with van der Waals surface area (Å²) in [5, 5.41) is 22.5. The van der Waals surface area contributed by atoms with Crippen molar-refractivity contribution in [3.8, 4) is 11.6 Å². The van der Waals surface area contributed by atoms with Gasteiger partial charge in [0, 0.05) is 5.56 Å². The van der Waals surface area contributed by atoms with Gasteiger partial charge in [-0.15, -0.1) is 0 Å². The van der Waals surface area contributed by atoms with Gasteiger partial charge in [-0.05, 0) is 30.1 Å². The Hall–Kier alpha value is -2.03. The van der Waals surface area contributed by atoms with E-state index in [0.717, 1.165) is 0 Å². The maximum absolute atomic E-state index is 11.7. The molecule has 1 amide bonds. The Morgan fingerprint density at radius 1 is 1.15 bits per heavy atom. The third-order valence-electron chi connectivity index (χ3n) is 2.28. The fourth-order valence-corrected chi connectivity index (χ4v) is 1.38. The van der Waals surface area contributed by atoms with Crippen molar-refractivity contribution in [3.63, 3.8) is 0 Å². The fourth-order valence-electron chi connectivity index (χ4n) is 1.38. The molecule has 0 unspecified atom stereocenters. The maximum atomic E-state index is 11.7. The van der Waals surface area contributed by atoms with E-state index in [1.54, 1.807) is 0 Å². The van der Waals surface area contributed by atoms with E-state index >= 15 is 0 Å². The van der Waals surface area contributed by atoms with E-state index < -0.39 is 28.7 Å². The molecule has 0 radical (unpaired) electrons. The number of anilines is 1. The summed E-state index contributed by atoms with van der Waals surface area (Å²) in [7, 11) is 0. The third kappa shape index (κ3) is 3.50. The number of aromatic amines is 2. The van der Waals surface area contributed by atoms with Crippen LogP contribution >= 0.6 is 0 Å². The van der Waals surface area contributed by atoms with Crippen molar-refractivity contribution in [2.24, 2.45) is 0 Å². The molecule has 0 aliphatic carbocycles. The van der Waals surface area contributed by atoms with Crippen LogP contribution in [0, 0.1) is 0 Å². The molecule has 2 rings (SSSR count). The van der Waals surface area contributed by atoms with Gasteiger partial charge < -0.3 is 20.5 Å². The summed E-state index contributed by atoms with van der Waals surface area (Å²) in [6.45, 7) is 0. The summed E-state index contributed by atoms with van der Waals surface area (Å²) in [5.41, 5.74) is -2.36. The maximum Gasteiger partial charge on any atom is 1.00 e. The smallest absolute Gasteiger partial charge is 0.859 e. The number of carbonyl (C=O) groups is 1. The molecule has 9 heteroatoms. The molecular weight excluding hydrogens is 277 g/mol. The first-order chi connectivity index (χ1) is 8.97. The monoisotopic (exact) mass is 285 g/mol. The van der Waals surface area contributed by atoms with Crippen LogP contribution in [0.3, 0.4) is 0 Å². The van der Waals surface area contributed by atoms with Gasteiger partial charge in [0.05, 0.1) is 0 Å². The molecule has 4 N–H and O–H groups in total. The number of hydrogen-bond acceptors (Lipinski definition) is 5. The van der Waals surface area contributed by atoms with E-state index in [0.29, 0.717) is 0 Å². The van der Waals surface area contributed by atoms with E-state index in [1.165, 1.54) is 24.3 Å². The molecule has 98 valence electrons. The molecule has 0 atom stereocenters. The molecule has 1 heterocycles. The zero-order valence-electron chi connectivity index (χ0n) is 10.4. The third-order valence-corrected chi connectivity index (χ3v) is 2.28. The molecule has 0 spiro atoms. The van der Waals surface area contributed by atoms with Crippen LogP contribution in [0.1, 0.15) is 10.4 Å². The summed E-state index contributed by atoms with van der Waals surface area (Å²) < 4.78 is 0. The average molecular weight is 285 g/mol. The zero-order chi connectivity index (χ0) is 14.0. The summed E-state index contributed by atoms with van der Waals surface area (Å²) >= 11 is 0. The SMILES string of the molecule is O=C(Nc1c([O-])[nH]c(=O)[nH]c1=O)c1ccc(O)cc1.[Na+]. The van der Waals surface area contributed by atoms with Crippen molar-refractivity contribution in [3.05, 3.63) is 50.7 Å². The standard InChI is InChI=1S/C11H9N3O5.Na/c15-6-3-1-5(2-4-6)8(16)12-7-9(17)13-11(19)14-10(7)18;/h1-4,15H,(H,12,16)(H3,13,14,17,18,19);/q;+1/p-1. The van der Waals surface area contributed by atoms with Crippen LogP contribution in [-0.2, 0) is 0 Å². The molecule has 1 aromatic heterocycles. The minimum Gasteiger partial charge on any atom is -0.859 e. The number of rotatable bonds is 2. The predicted molar refractivity (Wildman–Crippen MR) is 63.2 cm³/mol. The minimum atomic E-state index is -0.985. The Morgan fingerprint density at radius 3 is 2.30 bits per heavy atom. The number of carbonyl (C=O) groups excluding carboxylic acids is 1. The van der Waals surface area contributed by atoms with Gasteiger partial charge in [-0.1, -0.05) is 0 Å². The molecule has 2 aromatic rings. The second-order valence-electron chi connectivity index (χ2n) is 3.61. The average Bonchev–Trinajstić information content (AvgIpc) is 2.34. The molecule has 0 aliphatic rings. The Bertz CT molecular complexity index is 735. The molecule has 20 heavy (non-hydrogen) atoms. The van der Waals surface area contributed by atoms with Crippen molar-refractivity contribution in [1.29, 1.82) is 0 Å². The number of amides is 1. The molecule has 0 bridgehead atoms. The number of aromatic nitrogens is 2. The zero-order valence-corrected chi connectivity index (χ0v) is 12.4. The number of aromatic hydroxyl groups is 1. The van der Waals surface area contributed by atoms with Gasteiger partial charge in [-0.25, -0.2) is 4.79 Å². The molecule has 8 nitrogen and oxygen atoms in total. The van der Waals surface area contributed by atoms with Crippen LogP contribution < -0.4 is 51.2 Å². The van der Waals surface area contributed by atoms with Crippen LogP contribution in [0.2, 0.25) is 0 Å². The quantitative estimate of drug-likeness (QED) is 0.418. The largest absolute Gasteiger partial charge is 1.00 e. The van der Waals surface area contributed by atoms with Gasteiger partial charge in [-0.3, -0.25) is 14.6 Å². The predicted octanol–water partition coefficient (Wildman–Crippen LogP) is -3.90. The Labute approximate surface area is 133 Å². The Morgan fingerprint density at radius 2 is 1.75 bits per heavy atom. The number of H-pyrrole nitrogens is 2. The number of benzene rings is 1. The first-order valence-corrected chi connectivity index (χ1v) is 5.11. The van der Waals surface area contributed by atoms with Crippen LogP contribution in [-0.4, -0.2) is 21.0 Å². The first-order valence-electron chi connectivity index (χ1n) is 5.11. The van der Waals surface area contributed by atoms with Crippen molar-refractivity contribution in [2.45, 2.75) is 0 Å². The molecule has 0 aliphatic heterocycles. The second kappa shape index (κ2) is 6.42. The normalized spacial score (nSPS) is 9.60. The van der Waals surface area contributed by atoms with Gasteiger partial charge in [0.15, 0.2) is 0 Å². The number of phenols is 1. The van der Waals surface area contributed by atoms with Crippen LogP contribution in [0.25, 0.3) is 0 Å². The van der Waals surface area contributed by atoms with Gasteiger partial charge in [0.25, 0.3) is 11.5 Å². The Balaban J connectivity index is 0.00000200. The van der Waals surface area contributed by atoms with E-state index in [-0.39, 0.29) is 40.9 Å². The van der Waals surface area contributed by atoms with Crippen molar-refractivity contribution in [2.75, 3.05) is 5.32 Å².